The molecule has 0 unspecified atom stereocenters. The van der Waals surface area contributed by atoms with E-state index < -0.39 is 10.0 Å². The van der Waals surface area contributed by atoms with Gasteiger partial charge in [-0.25, -0.2) is 8.42 Å². The highest BCUT2D eigenvalue weighted by Gasteiger charge is 2.23. The summed E-state index contributed by atoms with van der Waals surface area (Å²) in [6.45, 7) is 12.4. The van der Waals surface area contributed by atoms with Crippen molar-refractivity contribution in [3.63, 3.8) is 0 Å². The number of benzene rings is 1. The van der Waals surface area contributed by atoms with Gasteiger partial charge in [-0.3, -0.25) is 4.79 Å². The summed E-state index contributed by atoms with van der Waals surface area (Å²) in [5, 5.41) is 2.95. The molecule has 1 aliphatic rings. The average Bonchev–Trinajstić information content (AvgIpc) is 2.70. The lowest BCUT2D eigenvalue weighted by molar-refractivity contribution is 0.0951. The summed E-state index contributed by atoms with van der Waals surface area (Å²) >= 11 is 0. The van der Waals surface area contributed by atoms with Crippen molar-refractivity contribution in [1.29, 1.82) is 0 Å². The van der Waals surface area contributed by atoms with E-state index in [0.29, 0.717) is 25.2 Å². The molecular formula is C21H36N4O3S. The van der Waals surface area contributed by atoms with Gasteiger partial charge in [0.25, 0.3) is 5.91 Å². The number of nitrogens with zero attached hydrogens (tertiary/aromatic N) is 3. The summed E-state index contributed by atoms with van der Waals surface area (Å²) in [6.07, 6.45) is 1.95. The van der Waals surface area contributed by atoms with Crippen molar-refractivity contribution in [2.24, 2.45) is 0 Å². The van der Waals surface area contributed by atoms with E-state index >= 15 is 0 Å². The van der Waals surface area contributed by atoms with Gasteiger partial charge >= 0.3 is 0 Å². The van der Waals surface area contributed by atoms with Crippen LogP contribution < -0.4 is 5.32 Å². The molecule has 0 aliphatic carbocycles. The van der Waals surface area contributed by atoms with Crippen molar-refractivity contribution < 1.29 is 13.2 Å². The van der Waals surface area contributed by atoms with Crippen molar-refractivity contribution in [3.8, 4) is 0 Å². The lowest BCUT2D eigenvalue weighted by atomic mass is 10.1. The molecule has 0 spiro atoms. The minimum absolute atomic E-state index is 0.173. The third kappa shape index (κ3) is 6.50. The molecule has 2 rings (SSSR count). The minimum atomic E-state index is -3.58. The van der Waals surface area contributed by atoms with Crippen LogP contribution in [-0.4, -0.2) is 87.8 Å². The number of unbranched alkanes of at least 4 members (excludes halogenated alkanes) is 1. The summed E-state index contributed by atoms with van der Waals surface area (Å²) < 4.78 is 26.9. The van der Waals surface area contributed by atoms with Gasteiger partial charge in [0.15, 0.2) is 0 Å². The summed E-state index contributed by atoms with van der Waals surface area (Å²) in [4.78, 5) is 17.6. The van der Waals surface area contributed by atoms with Gasteiger partial charge in [-0.2, -0.15) is 4.31 Å². The van der Waals surface area contributed by atoms with E-state index in [-0.39, 0.29) is 10.8 Å². The number of hydrogen-bond donors (Lipinski definition) is 1. The van der Waals surface area contributed by atoms with Crippen LogP contribution in [0.3, 0.4) is 0 Å². The van der Waals surface area contributed by atoms with E-state index in [1.807, 2.05) is 20.8 Å². The average molecular weight is 425 g/mol. The van der Waals surface area contributed by atoms with Crippen LogP contribution in [0.5, 0.6) is 0 Å². The maximum absolute atomic E-state index is 12.7. The van der Waals surface area contributed by atoms with Crippen LogP contribution >= 0.6 is 0 Å². The maximum atomic E-state index is 12.7. The van der Waals surface area contributed by atoms with Crippen molar-refractivity contribution in [2.75, 3.05) is 59.4 Å². The standard InChI is InChI=1S/C21H36N4O3S/c1-5-25(6-2)29(27,28)19-10-9-18(3)20(17-19)21(26)22-11-7-8-12-24-15-13-23(4)14-16-24/h9-10,17H,5-8,11-16H2,1-4H3,(H,22,26). The summed E-state index contributed by atoms with van der Waals surface area (Å²) in [7, 11) is -1.43. The molecule has 0 saturated carbocycles. The van der Waals surface area contributed by atoms with Crippen molar-refractivity contribution in [2.45, 2.75) is 38.5 Å². The van der Waals surface area contributed by atoms with Gasteiger partial charge in [0.05, 0.1) is 4.90 Å². The zero-order chi connectivity index (χ0) is 21.4. The fraction of sp³-hybridized carbons (Fsp3) is 0.667. The zero-order valence-corrected chi connectivity index (χ0v) is 19.1. The quantitative estimate of drug-likeness (QED) is 0.580. The van der Waals surface area contributed by atoms with Crippen LogP contribution in [0, 0.1) is 6.92 Å². The molecule has 1 aliphatic heterocycles. The van der Waals surface area contributed by atoms with Gasteiger partial charge in [0.2, 0.25) is 10.0 Å². The SMILES string of the molecule is CCN(CC)S(=O)(=O)c1ccc(C)c(C(=O)NCCCCN2CCN(C)CC2)c1. The van der Waals surface area contributed by atoms with E-state index in [0.717, 1.165) is 51.1 Å². The molecule has 164 valence electrons. The first-order chi connectivity index (χ1) is 13.8. The number of hydrogen-bond acceptors (Lipinski definition) is 5. The highest BCUT2D eigenvalue weighted by atomic mass is 32.2. The number of rotatable bonds is 10. The predicted octanol–water partition coefficient (Wildman–Crippen LogP) is 1.78. The van der Waals surface area contributed by atoms with E-state index in [9.17, 15) is 13.2 Å². The molecule has 0 radical (unpaired) electrons. The normalized spacial score (nSPS) is 16.3. The Kier molecular flexibility index (Phi) is 9.07. The molecule has 1 aromatic carbocycles. The molecular weight excluding hydrogens is 388 g/mol. The fourth-order valence-corrected chi connectivity index (χ4v) is 5.03. The van der Waals surface area contributed by atoms with Gasteiger partial charge in [0, 0.05) is 51.4 Å². The first kappa shape index (κ1) is 23.8. The summed E-state index contributed by atoms with van der Waals surface area (Å²) in [6, 6.07) is 4.79. The fourth-order valence-electron chi connectivity index (χ4n) is 3.55. The Labute approximate surface area is 176 Å². The van der Waals surface area contributed by atoms with Crippen molar-refractivity contribution in [1.82, 2.24) is 19.4 Å². The molecule has 0 atom stereocenters. The number of sulfonamides is 1. The van der Waals surface area contributed by atoms with Crippen LogP contribution in [0.15, 0.2) is 23.1 Å². The first-order valence-electron chi connectivity index (χ1n) is 10.6. The number of carbonyl (C=O) groups excluding carboxylic acids is 1. The molecule has 1 fully saturated rings. The predicted molar refractivity (Wildman–Crippen MR) is 117 cm³/mol. The Balaban J connectivity index is 1.88. The second kappa shape index (κ2) is 11.1. The van der Waals surface area contributed by atoms with E-state index in [4.69, 9.17) is 0 Å². The number of carbonyl (C=O) groups is 1. The van der Waals surface area contributed by atoms with Gasteiger partial charge in [-0.1, -0.05) is 19.9 Å². The molecule has 1 heterocycles. The third-order valence-electron chi connectivity index (χ3n) is 5.58. The van der Waals surface area contributed by atoms with Gasteiger partial charge < -0.3 is 15.1 Å². The number of piperazine rings is 1. The second-order valence-electron chi connectivity index (χ2n) is 7.67. The lowest BCUT2D eigenvalue weighted by Crippen LogP contribution is -2.44. The monoisotopic (exact) mass is 424 g/mol. The highest BCUT2D eigenvalue weighted by molar-refractivity contribution is 7.89. The molecule has 0 bridgehead atoms. The largest absolute Gasteiger partial charge is 0.352 e. The molecule has 8 heteroatoms. The van der Waals surface area contributed by atoms with E-state index in [2.05, 4.69) is 22.2 Å². The summed E-state index contributed by atoms with van der Waals surface area (Å²) in [5.74, 6) is -0.210. The van der Waals surface area contributed by atoms with E-state index in [1.54, 1.807) is 12.1 Å². The Morgan fingerprint density at radius 1 is 1.10 bits per heavy atom. The second-order valence-corrected chi connectivity index (χ2v) is 9.61. The molecule has 1 aromatic rings. The Morgan fingerprint density at radius 2 is 1.76 bits per heavy atom. The summed E-state index contributed by atoms with van der Waals surface area (Å²) in [5.41, 5.74) is 1.20. The number of nitrogens with one attached hydrogen (secondary N) is 1. The topological polar surface area (TPSA) is 73.0 Å². The molecule has 1 amide bonds. The van der Waals surface area contributed by atoms with Gasteiger partial charge in [-0.05, 0) is 51.1 Å². The van der Waals surface area contributed by atoms with Crippen molar-refractivity contribution in [3.05, 3.63) is 29.3 Å². The van der Waals surface area contributed by atoms with Crippen LogP contribution in [0.4, 0.5) is 0 Å². The van der Waals surface area contributed by atoms with E-state index in [1.165, 1.54) is 10.4 Å². The number of likely N-dealkylation sites (N-methyl/N-ethyl adjacent to an activating group) is 1. The molecule has 7 nitrogen and oxygen atoms in total. The van der Waals surface area contributed by atoms with Crippen LogP contribution in [-0.2, 0) is 10.0 Å². The molecule has 0 aromatic heterocycles. The number of aryl methyl sites for hydroxylation is 1. The smallest absolute Gasteiger partial charge is 0.251 e. The third-order valence-corrected chi connectivity index (χ3v) is 7.63. The Bertz CT molecular complexity index is 770. The lowest BCUT2D eigenvalue weighted by Gasteiger charge is -2.32. The first-order valence-corrected chi connectivity index (χ1v) is 12.0. The molecule has 1 saturated heterocycles. The van der Waals surface area contributed by atoms with Gasteiger partial charge in [0.1, 0.15) is 0 Å². The Hall–Kier alpha value is -1.48. The maximum Gasteiger partial charge on any atom is 0.251 e. The Morgan fingerprint density at radius 3 is 2.38 bits per heavy atom. The van der Waals surface area contributed by atoms with Crippen LogP contribution in [0.1, 0.15) is 42.6 Å². The van der Waals surface area contributed by atoms with Crippen molar-refractivity contribution >= 4 is 15.9 Å². The van der Waals surface area contributed by atoms with Gasteiger partial charge in [-0.15, -0.1) is 0 Å². The zero-order valence-electron chi connectivity index (χ0n) is 18.3. The minimum Gasteiger partial charge on any atom is -0.352 e. The van der Waals surface area contributed by atoms with Crippen LogP contribution in [0.25, 0.3) is 0 Å². The molecule has 29 heavy (non-hydrogen) atoms. The molecule has 1 N–H and O–H groups in total. The number of amides is 1. The van der Waals surface area contributed by atoms with Crippen LogP contribution in [0.2, 0.25) is 0 Å². The highest BCUT2D eigenvalue weighted by Crippen LogP contribution is 2.19.